The van der Waals surface area contributed by atoms with Crippen LogP contribution in [0.2, 0.25) is 0 Å². The van der Waals surface area contributed by atoms with E-state index in [1.165, 1.54) is 30.2 Å². The number of nitrogens with two attached hydrogens (primary N) is 1. The summed E-state index contributed by atoms with van der Waals surface area (Å²) in [7, 11) is 2.15. The number of hydrogen-bond acceptors (Lipinski definition) is 3. The fourth-order valence-corrected chi connectivity index (χ4v) is 2.57. The normalized spacial score (nSPS) is 13.3. The van der Waals surface area contributed by atoms with Crippen LogP contribution in [-0.2, 0) is 0 Å². The van der Waals surface area contributed by atoms with Gasteiger partial charge in [-0.15, -0.1) is 0 Å². The average molecular weight is 260 g/mol. The van der Waals surface area contributed by atoms with Crippen LogP contribution in [0.25, 0.3) is 11.0 Å². The molecule has 1 atom stereocenters. The van der Waals surface area contributed by atoms with Gasteiger partial charge < -0.3 is 10.2 Å². The highest BCUT2D eigenvalue weighted by Gasteiger charge is 2.19. The lowest BCUT2D eigenvalue weighted by molar-refractivity contribution is 0.245. The van der Waals surface area contributed by atoms with Crippen LogP contribution in [-0.4, -0.2) is 25.0 Å². The van der Waals surface area contributed by atoms with Crippen LogP contribution in [0.1, 0.15) is 37.8 Å². The smallest absolute Gasteiger partial charge is 0.134 e. The van der Waals surface area contributed by atoms with Gasteiger partial charge in [-0.3, -0.25) is 4.90 Å². The van der Waals surface area contributed by atoms with Crippen molar-refractivity contribution in [2.75, 3.05) is 20.1 Å². The van der Waals surface area contributed by atoms with Crippen molar-refractivity contribution in [3.05, 3.63) is 36.1 Å². The highest BCUT2D eigenvalue weighted by atomic mass is 16.3. The molecule has 0 aliphatic rings. The van der Waals surface area contributed by atoms with Gasteiger partial charge in [0.15, 0.2) is 0 Å². The van der Waals surface area contributed by atoms with Gasteiger partial charge in [-0.1, -0.05) is 38.0 Å². The Bertz CT molecular complexity index is 506. The molecule has 0 bridgehead atoms. The summed E-state index contributed by atoms with van der Waals surface area (Å²) >= 11 is 0. The molecule has 1 aromatic carbocycles. The Kier molecular flexibility index (Phi) is 5.00. The SMILES string of the molecule is CCCCCN(C)C(CN)c1coc2ccccc12. The van der Waals surface area contributed by atoms with E-state index in [-0.39, 0.29) is 6.04 Å². The van der Waals surface area contributed by atoms with Crippen molar-refractivity contribution in [3.8, 4) is 0 Å². The van der Waals surface area contributed by atoms with Crippen LogP contribution < -0.4 is 5.73 Å². The third-order valence-electron chi connectivity index (χ3n) is 3.74. The summed E-state index contributed by atoms with van der Waals surface area (Å²) in [5, 5.41) is 1.18. The maximum Gasteiger partial charge on any atom is 0.134 e. The highest BCUT2D eigenvalue weighted by Crippen LogP contribution is 2.28. The maximum absolute atomic E-state index is 5.98. The third-order valence-corrected chi connectivity index (χ3v) is 3.74. The van der Waals surface area contributed by atoms with Crippen LogP contribution in [0.15, 0.2) is 34.9 Å². The topological polar surface area (TPSA) is 42.4 Å². The first-order valence-electron chi connectivity index (χ1n) is 7.14. The lowest BCUT2D eigenvalue weighted by Crippen LogP contribution is -2.31. The van der Waals surface area contributed by atoms with Crippen LogP contribution in [0.4, 0.5) is 0 Å². The van der Waals surface area contributed by atoms with Gasteiger partial charge in [0.05, 0.1) is 12.3 Å². The van der Waals surface area contributed by atoms with Gasteiger partial charge in [-0.25, -0.2) is 0 Å². The Morgan fingerprint density at radius 1 is 1.26 bits per heavy atom. The number of nitrogens with zero attached hydrogens (tertiary/aromatic N) is 1. The van der Waals surface area contributed by atoms with Crippen LogP contribution in [0.3, 0.4) is 0 Å². The minimum absolute atomic E-state index is 0.237. The molecular weight excluding hydrogens is 236 g/mol. The van der Waals surface area contributed by atoms with E-state index in [1.807, 2.05) is 24.5 Å². The van der Waals surface area contributed by atoms with E-state index in [2.05, 4.69) is 24.9 Å². The summed E-state index contributed by atoms with van der Waals surface area (Å²) in [5.74, 6) is 0. The Morgan fingerprint density at radius 3 is 2.79 bits per heavy atom. The van der Waals surface area contributed by atoms with Crippen molar-refractivity contribution in [1.29, 1.82) is 0 Å². The molecule has 2 rings (SSSR count). The molecule has 1 unspecified atom stereocenters. The number of rotatable bonds is 7. The first kappa shape index (κ1) is 14.1. The standard InChI is InChI=1S/C16H24N2O/c1-3-4-7-10-18(2)15(11-17)14-12-19-16-9-6-5-8-13(14)16/h5-6,8-9,12,15H,3-4,7,10-11,17H2,1-2H3. The molecule has 0 saturated heterocycles. The number of furan rings is 1. The molecule has 1 aromatic heterocycles. The second-order valence-corrected chi connectivity index (χ2v) is 5.13. The molecule has 0 amide bonds. The van der Waals surface area contributed by atoms with Gasteiger partial charge in [0.2, 0.25) is 0 Å². The van der Waals surface area contributed by atoms with Gasteiger partial charge in [0.25, 0.3) is 0 Å². The zero-order valence-corrected chi connectivity index (χ0v) is 11.9. The van der Waals surface area contributed by atoms with E-state index in [0.29, 0.717) is 6.54 Å². The summed E-state index contributed by atoms with van der Waals surface area (Å²) in [6, 6.07) is 8.39. The number of para-hydroxylation sites is 1. The Balaban J connectivity index is 2.16. The van der Waals surface area contributed by atoms with Gasteiger partial charge in [-0.2, -0.15) is 0 Å². The molecule has 2 aromatic rings. The monoisotopic (exact) mass is 260 g/mol. The van der Waals surface area contributed by atoms with E-state index < -0.39 is 0 Å². The maximum atomic E-state index is 5.98. The predicted molar refractivity (Wildman–Crippen MR) is 80.2 cm³/mol. The lowest BCUT2D eigenvalue weighted by atomic mass is 10.0. The van der Waals surface area contributed by atoms with Crippen molar-refractivity contribution >= 4 is 11.0 Å². The Hall–Kier alpha value is -1.32. The average Bonchev–Trinajstić information content (AvgIpc) is 2.84. The summed E-state index contributed by atoms with van der Waals surface area (Å²) in [6.45, 7) is 3.92. The van der Waals surface area contributed by atoms with Gasteiger partial charge >= 0.3 is 0 Å². The van der Waals surface area contributed by atoms with E-state index in [1.54, 1.807) is 0 Å². The summed E-state index contributed by atoms with van der Waals surface area (Å²) in [4.78, 5) is 2.34. The number of unbranched alkanes of at least 4 members (excludes halogenated alkanes) is 2. The molecule has 19 heavy (non-hydrogen) atoms. The van der Waals surface area contributed by atoms with E-state index in [9.17, 15) is 0 Å². The molecule has 3 nitrogen and oxygen atoms in total. The minimum atomic E-state index is 0.237. The molecule has 104 valence electrons. The third kappa shape index (κ3) is 3.17. The molecule has 3 heteroatoms. The highest BCUT2D eigenvalue weighted by molar-refractivity contribution is 5.81. The summed E-state index contributed by atoms with van der Waals surface area (Å²) < 4.78 is 5.63. The molecule has 0 radical (unpaired) electrons. The van der Waals surface area contributed by atoms with Crippen molar-refractivity contribution in [2.45, 2.75) is 32.2 Å². The quantitative estimate of drug-likeness (QED) is 0.774. The lowest BCUT2D eigenvalue weighted by Gasteiger charge is -2.26. The molecular formula is C16H24N2O. The molecule has 0 aliphatic carbocycles. The molecule has 0 spiro atoms. The molecule has 2 N–H and O–H groups in total. The fourth-order valence-electron chi connectivity index (χ4n) is 2.57. The van der Waals surface area contributed by atoms with Crippen molar-refractivity contribution < 1.29 is 4.42 Å². The van der Waals surface area contributed by atoms with Crippen molar-refractivity contribution in [1.82, 2.24) is 4.90 Å². The molecule has 0 fully saturated rings. The first-order valence-corrected chi connectivity index (χ1v) is 7.14. The van der Waals surface area contributed by atoms with Crippen LogP contribution in [0.5, 0.6) is 0 Å². The van der Waals surface area contributed by atoms with E-state index in [0.717, 1.165) is 12.1 Å². The Labute approximate surface area is 115 Å². The van der Waals surface area contributed by atoms with Gasteiger partial charge in [0, 0.05) is 17.5 Å². The van der Waals surface area contributed by atoms with Crippen LogP contribution >= 0.6 is 0 Å². The number of hydrogen-bond donors (Lipinski definition) is 1. The minimum Gasteiger partial charge on any atom is -0.464 e. The van der Waals surface area contributed by atoms with Gasteiger partial charge in [0.1, 0.15) is 5.58 Å². The van der Waals surface area contributed by atoms with Crippen molar-refractivity contribution in [2.24, 2.45) is 5.73 Å². The predicted octanol–water partition coefficient (Wildman–Crippen LogP) is 3.55. The van der Waals surface area contributed by atoms with Crippen molar-refractivity contribution in [3.63, 3.8) is 0 Å². The number of fused-ring (bicyclic) bond motifs is 1. The number of benzene rings is 1. The summed E-state index contributed by atoms with van der Waals surface area (Å²) in [6.07, 6.45) is 5.60. The van der Waals surface area contributed by atoms with E-state index >= 15 is 0 Å². The van der Waals surface area contributed by atoms with Gasteiger partial charge in [-0.05, 0) is 26.1 Å². The second kappa shape index (κ2) is 6.73. The fraction of sp³-hybridized carbons (Fsp3) is 0.500. The molecule has 0 aliphatic heterocycles. The molecule has 1 heterocycles. The number of likely N-dealkylation sites (N-methyl/N-ethyl adjacent to an activating group) is 1. The second-order valence-electron chi connectivity index (χ2n) is 5.13. The van der Waals surface area contributed by atoms with E-state index in [4.69, 9.17) is 10.2 Å². The zero-order chi connectivity index (χ0) is 13.7. The first-order chi connectivity index (χ1) is 9.27. The Morgan fingerprint density at radius 2 is 2.05 bits per heavy atom. The molecule has 0 saturated carbocycles. The largest absolute Gasteiger partial charge is 0.464 e. The summed E-state index contributed by atoms with van der Waals surface area (Å²) in [5.41, 5.74) is 8.12. The van der Waals surface area contributed by atoms with Crippen LogP contribution in [0, 0.1) is 0 Å². The zero-order valence-electron chi connectivity index (χ0n) is 11.9.